The van der Waals surface area contributed by atoms with Crippen LogP contribution in [-0.2, 0) is 32.7 Å². The highest BCUT2D eigenvalue weighted by Gasteiger charge is 2.26. The Morgan fingerprint density at radius 2 is 0.747 bits per heavy atom. The Hall–Kier alpha value is -3.07. The van der Waals surface area contributed by atoms with Gasteiger partial charge in [-0.1, -0.05) is 265 Å². The molecule has 3 N–H and O–H groups in total. The molecule has 9 nitrogen and oxygen atoms in total. The molecule has 0 saturated heterocycles. The second-order valence-corrected chi connectivity index (χ2v) is 21.6. The van der Waals surface area contributed by atoms with Gasteiger partial charge >= 0.3 is 19.8 Å². The number of rotatable bonds is 57. The van der Waals surface area contributed by atoms with Gasteiger partial charge in [-0.25, -0.2) is 4.57 Å². The van der Waals surface area contributed by atoms with Gasteiger partial charge in [0, 0.05) is 19.4 Å². The van der Waals surface area contributed by atoms with Crippen LogP contribution in [0.15, 0.2) is 97.2 Å². The van der Waals surface area contributed by atoms with E-state index in [9.17, 15) is 19.0 Å². The van der Waals surface area contributed by atoms with Crippen LogP contribution in [0.25, 0.3) is 0 Å². The predicted octanol–water partition coefficient (Wildman–Crippen LogP) is 19.6. The first-order valence-electron chi connectivity index (χ1n) is 30.7. The third-order valence-corrected chi connectivity index (χ3v) is 13.9. The number of nitrogens with two attached hydrogens (primary N) is 1. The largest absolute Gasteiger partial charge is 0.472 e. The van der Waals surface area contributed by atoms with Crippen molar-refractivity contribution in [1.82, 2.24) is 0 Å². The molecule has 0 aromatic heterocycles. The summed E-state index contributed by atoms with van der Waals surface area (Å²) in [6.45, 7) is 3.58. The summed E-state index contributed by atoms with van der Waals surface area (Å²) in [6, 6.07) is 0. The molecule has 0 aliphatic rings. The molecule has 0 aromatic carbocycles. The quantitative estimate of drug-likeness (QED) is 0.0264. The van der Waals surface area contributed by atoms with Crippen LogP contribution in [0.3, 0.4) is 0 Å². The predicted molar refractivity (Wildman–Crippen MR) is 321 cm³/mol. The molecule has 0 rings (SSSR count). The van der Waals surface area contributed by atoms with Crippen molar-refractivity contribution in [3.63, 3.8) is 0 Å². The van der Waals surface area contributed by atoms with Crippen molar-refractivity contribution >= 4 is 19.8 Å². The number of hydrogen-bond donors (Lipinski definition) is 2. The standard InChI is InChI=1S/C65H114NO8P/c1-3-5-7-9-11-13-15-17-19-21-23-25-27-28-29-30-31-32-33-34-36-37-39-41-43-45-47-49-51-53-55-57-64(67)71-61-63(62-73-75(69,70)72-60-59-66)74-65(68)58-56-54-52-50-48-46-44-42-40-38-35-26-24-22-20-18-16-14-12-10-8-6-4-2/h6,8,12,14,18,20-21,23-24,26,38,40,44,46,50,52,63H,3-5,7,9-11,13,15-17,19,22,25,27-37,39,41-43,45,47-49,51,53-62,66H2,1-2H3,(H,69,70)/b8-6-,14-12-,20-18-,23-21-,26-24-,40-38-,46-44-,52-50-. The number of ether oxygens (including phenoxy) is 2. The zero-order valence-corrected chi connectivity index (χ0v) is 49.2. The maximum absolute atomic E-state index is 12.7. The molecule has 0 saturated carbocycles. The molecule has 0 amide bonds. The average Bonchev–Trinajstić information content (AvgIpc) is 3.40. The van der Waals surface area contributed by atoms with Crippen LogP contribution in [-0.4, -0.2) is 49.3 Å². The maximum atomic E-state index is 12.7. The van der Waals surface area contributed by atoms with Crippen molar-refractivity contribution in [3.05, 3.63) is 97.2 Å². The van der Waals surface area contributed by atoms with Gasteiger partial charge in [-0.15, -0.1) is 0 Å². The first-order chi connectivity index (χ1) is 36.8. The Morgan fingerprint density at radius 1 is 0.413 bits per heavy atom. The molecule has 0 bridgehead atoms. The Labute approximate surface area is 461 Å². The Morgan fingerprint density at radius 3 is 1.15 bits per heavy atom. The topological polar surface area (TPSA) is 134 Å². The van der Waals surface area contributed by atoms with Gasteiger partial charge in [0.25, 0.3) is 0 Å². The van der Waals surface area contributed by atoms with Crippen molar-refractivity contribution in [1.29, 1.82) is 0 Å². The van der Waals surface area contributed by atoms with Crippen molar-refractivity contribution in [3.8, 4) is 0 Å². The number of hydrogen-bond acceptors (Lipinski definition) is 8. The molecule has 0 heterocycles. The normalized spacial score (nSPS) is 13.7. The molecule has 0 aliphatic heterocycles. The average molecular weight is 1070 g/mol. The summed E-state index contributed by atoms with van der Waals surface area (Å²) < 4.78 is 33.0. The second kappa shape index (κ2) is 60.2. The fraction of sp³-hybridized carbons (Fsp3) is 0.723. The number of allylic oxidation sites excluding steroid dienone is 16. The van der Waals surface area contributed by atoms with Gasteiger partial charge in [0.2, 0.25) is 0 Å². The summed E-state index contributed by atoms with van der Waals surface area (Å²) >= 11 is 0. The lowest BCUT2D eigenvalue weighted by Gasteiger charge is -2.19. The van der Waals surface area contributed by atoms with Gasteiger partial charge in [0.15, 0.2) is 6.10 Å². The van der Waals surface area contributed by atoms with Gasteiger partial charge in [-0.05, 0) is 89.9 Å². The maximum Gasteiger partial charge on any atom is 0.472 e. The van der Waals surface area contributed by atoms with Crippen molar-refractivity contribution in [2.24, 2.45) is 5.73 Å². The number of unbranched alkanes of at least 4 members (excludes halogenated alkanes) is 28. The molecule has 0 spiro atoms. The first-order valence-corrected chi connectivity index (χ1v) is 32.2. The number of carbonyl (C=O) groups excluding carboxylic acids is 2. The molecule has 0 aromatic rings. The fourth-order valence-electron chi connectivity index (χ4n) is 8.45. The highest BCUT2D eigenvalue weighted by Crippen LogP contribution is 2.43. The zero-order valence-electron chi connectivity index (χ0n) is 48.3. The molecule has 0 fully saturated rings. The van der Waals surface area contributed by atoms with E-state index in [-0.39, 0.29) is 32.6 Å². The van der Waals surface area contributed by atoms with E-state index in [1.54, 1.807) is 0 Å². The summed E-state index contributed by atoms with van der Waals surface area (Å²) in [4.78, 5) is 35.2. The van der Waals surface area contributed by atoms with E-state index in [1.165, 1.54) is 167 Å². The zero-order chi connectivity index (χ0) is 54.5. The van der Waals surface area contributed by atoms with Crippen LogP contribution in [0.4, 0.5) is 0 Å². The lowest BCUT2D eigenvalue weighted by atomic mass is 10.0. The van der Waals surface area contributed by atoms with Gasteiger partial charge in [0.1, 0.15) is 6.61 Å². The minimum atomic E-state index is -4.41. The minimum Gasteiger partial charge on any atom is -0.462 e. The summed E-state index contributed by atoms with van der Waals surface area (Å²) in [7, 11) is -4.41. The Bertz CT molecular complexity index is 1550. The second-order valence-electron chi connectivity index (χ2n) is 20.2. The van der Waals surface area contributed by atoms with Crippen molar-refractivity contribution in [2.45, 2.75) is 277 Å². The molecule has 10 heteroatoms. The highest BCUT2D eigenvalue weighted by atomic mass is 31.2. The molecule has 0 radical (unpaired) electrons. The SMILES string of the molecule is CC/C=C\C/C=C\C/C=C\C/C=C\C/C=C\C/C=C\C/C=C\CCCC(=O)OC(COC(=O)CCCCCCCCCCCCCCCCCCCCC/C=C\CCCCCCCCCC)COP(=O)(O)OCCN. The van der Waals surface area contributed by atoms with Crippen LogP contribution in [0.1, 0.15) is 271 Å². The molecule has 432 valence electrons. The van der Waals surface area contributed by atoms with Gasteiger partial charge in [0.05, 0.1) is 13.2 Å². The van der Waals surface area contributed by atoms with E-state index in [4.69, 9.17) is 24.3 Å². The van der Waals surface area contributed by atoms with Crippen molar-refractivity contribution in [2.75, 3.05) is 26.4 Å². The summed E-state index contributed by atoms with van der Waals surface area (Å²) in [5.74, 6) is -0.895. The molecule has 2 unspecified atom stereocenters. The number of phosphoric ester groups is 1. The van der Waals surface area contributed by atoms with E-state index in [0.29, 0.717) is 12.8 Å². The van der Waals surface area contributed by atoms with Crippen molar-refractivity contribution < 1.29 is 37.6 Å². The van der Waals surface area contributed by atoms with E-state index in [2.05, 4.69) is 105 Å². The number of esters is 2. The summed E-state index contributed by atoms with van der Waals surface area (Å²) in [5, 5.41) is 0. The molecule has 75 heavy (non-hydrogen) atoms. The Kier molecular flexibility index (Phi) is 57.7. The van der Waals surface area contributed by atoms with E-state index < -0.39 is 32.5 Å². The van der Waals surface area contributed by atoms with Gasteiger partial charge < -0.3 is 20.1 Å². The third-order valence-electron chi connectivity index (χ3n) is 13.0. The van der Waals surface area contributed by atoms with E-state index >= 15 is 0 Å². The Balaban J connectivity index is 3.99. The summed E-state index contributed by atoms with van der Waals surface area (Å²) in [6.07, 6.45) is 80.6. The van der Waals surface area contributed by atoms with Crippen LogP contribution in [0, 0.1) is 0 Å². The monoisotopic (exact) mass is 1070 g/mol. The smallest absolute Gasteiger partial charge is 0.462 e. The third kappa shape index (κ3) is 60.0. The van der Waals surface area contributed by atoms with Gasteiger partial charge in [-0.3, -0.25) is 18.6 Å². The molecular formula is C65H114NO8P. The number of phosphoric acid groups is 1. The summed E-state index contributed by atoms with van der Waals surface area (Å²) in [5.41, 5.74) is 5.38. The lowest BCUT2D eigenvalue weighted by molar-refractivity contribution is -0.161. The van der Waals surface area contributed by atoms with E-state index in [0.717, 1.165) is 64.2 Å². The highest BCUT2D eigenvalue weighted by molar-refractivity contribution is 7.47. The van der Waals surface area contributed by atoms with Crippen LogP contribution < -0.4 is 5.73 Å². The van der Waals surface area contributed by atoms with Crippen LogP contribution in [0.5, 0.6) is 0 Å². The van der Waals surface area contributed by atoms with Crippen LogP contribution >= 0.6 is 7.82 Å². The minimum absolute atomic E-state index is 0.0402. The molecule has 2 atom stereocenters. The lowest BCUT2D eigenvalue weighted by Crippen LogP contribution is -2.29. The molecule has 0 aliphatic carbocycles. The van der Waals surface area contributed by atoms with Gasteiger partial charge in [-0.2, -0.15) is 0 Å². The fourth-order valence-corrected chi connectivity index (χ4v) is 9.21. The first kappa shape index (κ1) is 71.9. The van der Waals surface area contributed by atoms with Crippen LogP contribution in [0.2, 0.25) is 0 Å². The molecular weight excluding hydrogens is 954 g/mol. The number of carbonyl (C=O) groups is 2. The van der Waals surface area contributed by atoms with E-state index in [1.807, 2.05) is 6.08 Å².